The minimum Gasteiger partial charge on any atom is -0.493 e. The number of thiazole rings is 1. The van der Waals surface area contributed by atoms with Gasteiger partial charge in [0, 0.05) is 24.0 Å². The van der Waals surface area contributed by atoms with Gasteiger partial charge in [-0.2, -0.15) is 0 Å². The Kier molecular flexibility index (Phi) is 6.26. The van der Waals surface area contributed by atoms with E-state index in [4.69, 9.17) is 14.2 Å². The normalized spacial score (nSPS) is 10.7. The molecule has 1 N–H and O–H groups in total. The van der Waals surface area contributed by atoms with E-state index in [-0.39, 0.29) is 5.82 Å². The molecule has 0 amide bonds. The van der Waals surface area contributed by atoms with Crippen LogP contribution in [0.5, 0.6) is 17.2 Å². The molecular formula is C20H21FN2O3S. The maximum Gasteiger partial charge on any atom is 0.203 e. The van der Waals surface area contributed by atoms with E-state index in [0.717, 1.165) is 21.8 Å². The molecule has 0 unspecified atom stereocenters. The molecule has 3 rings (SSSR count). The number of rotatable bonds is 8. The predicted molar refractivity (Wildman–Crippen MR) is 104 cm³/mol. The fourth-order valence-corrected chi connectivity index (χ4v) is 3.51. The molecular weight excluding hydrogens is 367 g/mol. The number of nitrogens with one attached hydrogen (secondary N) is 1. The molecule has 0 aliphatic carbocycles. The van der Waals surface area contributed by atoms with Gasteiger partial charge in [0.15, 0.2) is 11.5 Å². The van der Waals surface area contributed by atoms with Crippen molar-refractivity contribution in [2.45, 2.75) is 13.1 Å². The Morgan fingerprint density at radius 3 is 2.22 bits per heavy atom. The third-order valence-corrected chi connectivity index (χ3v) is 4.94. The van der Waals surface area contributed by atoms with Crippen molar-refractivity contribution in [1.29, 1.82) is 0 Å². The van der Waals surface area contributed by atoms with E-state index in [1.807, 2.05) is 17.5 Å². The Morgan fingerprint density at radius 2 is 1.63 bits per heavy atom. The van der Waals surface area contributed by atoms with Crippen molar-refractivity contribution in [3.8, 4) is 27.8 Å². The fraction of sp³-hybridized carbons (Fsp3) is 0.250. The fourth-order valence-electron chi connectivity index (χ4n) is 2.69. The van der Waals surface area contributed by atoms with Crippen LogP contribution < -0.4 is 19.5 Å². The Hall–Kier alpha value is -2.64. The molecule has 0 aliphatic heterocycles. The number of benzene rings is 2. The Labute approximate surface area is 161 Å². The van der Waals surface area contributed by atoms with Gasteiger partial charge in [0.05, 0.1) is 27.0 Å². The molecule has 5 nitrogen and oxygen atoms in total. The van der Waals surface area contributed by atoms with E-state index in [1.165, 1.54) is 12.1 Å². The van der Waals surface area contributed by atoms with Gasteiger partial charge < -0.3 is 19.5 Å². The van der Waals surface area contributed by atoms with Gasteiger partial charge in [-0.25, -0.2) is 9.37 Å². The summed E-state index contributed by atoms with van der Waals surface area (Å²) in [4.78, 5) is 4.60. The van der Waals surface area contributed by atoms with E-state index < -0.39 is 0 Å². The molecule has 0 saturated carbocycles. The van der Waals surface area contributed by atoms with Gasteiger partial charge in [0.2, 0.25) is 5.75 Å². The van der Waals surface area contributed by atoms with Gasteiger partial charge >= 0.3 is 0 Å². The molecule has 0 saturated heterocycles. The van der Waals surface area contributed by atoms with Crippen molar-refractivity contribution >= 4 is 11.3 Å². The van der Waals surface area contributed by atoms with Crippen LogP contribution in [0.25, 0.3) is 10.6 Å². The molecule has 0 radical (unpaired) electrons. The van der Waals surface area contributed by atoms with Gasteiger partial charge in [-0.15, -0.1) is 11.3 Å². The van der Waals surface area contributed by atoms with Crippen LogP contribution in [-0.2, 0) is 13.1 Å². The van der Waals surface area contributed by atoms with Crippen molar-refractivity contribution < 1.29 is 18.6 Å². The van der Waals surface area contributed by atoms with Crippen molar-refractivity contribution in [1.82, 2.24) is 10.3 Å². The Morgan fingerprint density at radius 1 is 0.963 bits per heavy atom. The molecule has 0 fully saturated rings. The van der Waals surface area contributed by atoms with Crippen LogP contribution in [0.3, 0.4) is 0 Å². The summed E-state index contributed by atoms with van der Waals surface area (Å²) < 4.78 is 29.1. The van der Waals surface area contributed by atoms with Gasteiger partial charge in [0.1, 0.15) is 10.8 Å². The number of aromatic nitrogens is 1. The number of hydrogen-bond acceptors (Lipinski definition) is 6. The molecule has 27 heavy (non-hydrogen) atoms. The first kappa shape index (κ1) is 19.1. The highest BCUT2D eigenvalue weighted by Crippen LogP contribution is 2.38. The molecule has 7 heteroatoms. The molecule has 1 heterocycles. The quantitative estimate of drug-likeness (QED) is 0.625. The van der Waals surface area contributed by atoms with Gasteiger partial charge in [-0.1, -0.05) is 0 Å². The summed E-state index contributed by atoms with van der Waals surface area (Å²) >= 11 is 1.54. The number of methoxy groups -OCH3 is 3. The molecule has 1 aromatic heterocycles. The first-order chi connectivity index (χ1) is 13.1. The number of halogens is 1. The Balaban J connectivity index is 1.64. The lowest BCUT2D eigenvalue weighted by molar-refractivity contribution is 0.323. The minimum atomic E-state index is -0.248. The lowest BCUT2D eigenvalue weighted by atomic mass is 10.1. The summed E-state index contributed by atoms with van der Waals surface area (Å²) in [5, 5.41) is 6.24. The lowest BCUT2D eigenvalue weighted by Gasteiger charge is -2.14. The molecule has 0 bridgehead atoms. The summed E-state index contributed by atoms with van der Waals surface area (Å²) in [5.74, 6) is 1.58. The highest BCUT2D eigenvalue weighted by molar-refractivity contribution is 7.13. The highest BCUT2D eigenvalue weighted by Gasteiger charge is 2.13. The van der Waals surface area contributed by atoms with Crippen LogP contribution in [0.1, 0.15) is 11.3 Å². The SMILES string of the molecule is COc1cc(CNCc2csc(-c3ccc(F)cc3)n2)cc(OC)c1OC. The van der Waals surface area contributed by atoms with Crippen LogP contribution in [0.4, 0.5) is 4.39 Å². The Bertz CT molecular complexity index is 871. The minimum absolute atomic E-state index is 0.248. The van der Waals surface area contributed by atoms with Crippen molar-refractivity contribution in [3.63, 3.8) is 0 Å². The third kappa shape index (κ3) is 4.56. The van der Waals surface area contributed by atoms with E-state index in [2.05, 4.69) is 10.3 Å². The molecule has 0 aliphatic rings. The van der Waals surface area contributed by atoms with Crippen LogP contribution in [0.2, 0.25) is 0 Å². The van der Waals surface area contributed by atoms with Crippen molar-refractivity contribution in [3.05, 3.63) is 58.9 Å². The van der Waals surface area contributed by atoms with E-state index in [9.17, 15) is 4.39 Å². The highest BCUT2D eigenvalue weighted by atomic mass is 32.1. The van der Waals surface area contributed by atoms with Crippen LogP contribution in [0.15, 0.2) is 41.8 Å². The molecule has 0 atom stereocenters. The average Bonchev–Trinajstić information content (AvgIpc) is 3.16. The van der Waals surface area contributed by atoms with Gasteiger partial charge in [0.25, 0.3) is 0 Å². The van der Waals surface area contributed by atoms with Crippen LogP contribution in [-0.4, -0.2) is 26.3 Å². The summed E-state index contributed by atoms with van der Waals surface area (Å²) in [6, 6.07) is 10.2. The lowest BCUT2D eigenvalue weighted by Crippen LogP contribution is -2.13. The van der Waals surface area contributed by atoms with E-state index in [0.29, 0.717) is 30.3 Å². The largest absolute Gasteiger partial charge is 0.493 e. The molecule has 3 aromatic rings. The maximum absolute atomic E-state index is 13.0. The smallest absolute Gasteiger partial charge is 0.203 e. The van der Waals surface area contributed by atoms with Crippen molar-refractivity contribution in [2.75, 3.05) is 21.3 Å². The first-order valence-electron chi connectivity index (χ1n) is 8.34. The zero-order valence-electron chi connectivity index (χ0n) is 15.4. The predicted octanol–water partition coefficient (Wildman–Crippen LogP) is 4.26. The van der Waals surface area contributed by atoms with Crippen molar-refractivity contribution in [2.24, 2.45) is 0 Å². The zero-order valence-corrected chi connectivity index (χ0v) is 16.2. The number of ether oxygens (including phenoxy) is 3. The number of nitrogens with zero attached hydrogens (tertiary/aromatic N) is 1. The first-order valence-corrected chi connectivity index (χ1v) is 9.22. The summed E-state index contributed by atoms with van der Waals surface area (Å²) in [6.07, 6.45) is 0. The maximum atomic E-state index is 13.0. The summed E-state index contributed by atoms with van der Waals surface area (Å²) in [7, 11) is 4.78. The zero-order chi connectivity index (χ0) is 19.2. The monoisotopic (exact) mass is 388 g/mol. The topological polar surface area (TPSA) is 52.6 Å². The van der Waals surface area contributed by atoms with Gasteiger partial charge in [-0.05, 0) is 42.0 Å². The van der Waals surface area contributed by atoms with Crippen LogP contribution in [0, 0.1) is 5.82 Å². The molecule has 2 aromatic carbocycles. The second-order valence-corrected chi connectivity index (χ2v) is 6.65. The van der Waals surface area contributed by atoms with Gasteiger partial charge in [-0.3, -0.25) is 0 Å². The molecule has 0 spiro atoms. The summed E-state index contributed by atoms with van der Waals surface area (Å²) in [6.45, 7) is 1.24. The van der Waals surface area contributed by atoms with Crippen LogP contribution >= 0.6 is 11.3 Å². The standard InChI is InChI=1S/C20H21FN2O3S/c1-24-17-8-13(9-18(25-2)19(17)26-3)10-22-11-16-12-27-20(23-16)14-4-6-15(21)7-5-14/h4-9,12,22H,10-11H2,1-3H3. The van der Waals surface area contributed by atoms with E-state index in [1.54, 1.807) is 44.8 Å². The molecule has 142 valence electrons. The third-order valence-electron chi connectivity index (χ3n) is 4.00. The second-order valence-electron chi connectivity index (χ2n) is 5.79. The van der Waals surface area contributed by atoms with E-state index >= 15 is 0 Å². The summed E-state index contributed by atoms with van der Waals surface area (Å²) in [5.41, 5.74) is 2.86. The second kappa shape index (κ2) is 8.83. The average molecular weight is 388 g/mol. The number of hydrogen-bond donors (Lipinski definition) is 1.